The number of aldehydes is 1. The molecule has 10 atom stereocenters. The van der Waals surface area contributed by atoms with Gasteiger partial charge < -0.3 is 19.7 Å². The van der Waals surface area contributed by atoms with Crippen LogP contribution in [0.4, 0.5) is 0 Å². The van der Waals surface area contributed by atoms with Gasteiger partial charge in [-0.1, -0.05) is 65.4 Å². The largest absolute Gasteiger partial charge is 0.478 e. The van der Waals surface area contributed by atoms with Crippen molar-refractivity contribution in [1.29, 1.82) is 0 Å². The fraction of sp³-hybridized carbons (Fsp3) is 0.744. The number of carbonyl (C=O) groups excluding carboxylic acids is 2. The van der Waals surface area contributed by atoms with Gasteiger partial charge >= 0.3 is 11.9 Å². The normalized spacial score (nSPS) is 38.4. The Morgan fingerprint density at radius 2 is 1.66 bits per heavy atom. The summed E-state index contributed by atoms with van der Waals surface area (Å²) >= 11 is 1.45. The van der Waals surface area contributed by atoms with Crippen LogP contribution in [0.5, 0.6) is 0 Å². The summed E-state index contributed by atoms with van der Waals surface area (Å²) in [5.74, 6) is 8.82. The molecule has 5 aliphatic rings. The number of thiophene rings is 1. The van der Waals surface area contributed by atoms with E-state index in [-0.39, 0.29) is 40.2 Å². The number of ether oxygens (including phenoxy) is 1. The molecule has 6 nitrogen and oxygen atoms in total. The molecule has 0 spiro atoms. The number of aliphatic hydroxyl groups excluding tert-OH is 1. The molecule has 5 saturated carbocycles. The van der Waals surface area contributed by atoms with Gasteiger partial charge in [-0.3, -0.25) is 4.79 Å². The number of carbonyl (C=O) groups is 3. The first-order valence-corrected chi connectivity index (χ1v) is 19.9. The van der Waals surface area contributed by atoms with Gasteiger partial charge in [-0.15, -0.1) is 17.9 Å². The van der Waals surface area contributed by atoms with E-state index in [0.29, 0.717) is 40.0 Å². The van der Waals surface area contributed by atoms with Gasteiger partial charge in [0.25, 0.3) is 0 Å². The van der Waals surface area contributed by atoms with Crippen LogP contribution in [0.15, 0.2) is 23.6 Å². The van der Waals surface area contributed by atoms with Gasteiger partial charge in [-0.2, -0.15) is 0 Å². The first-order valence-electron chi connectivity index (χ1n) is 19.0. The third-order valence-electron chi connectivity index (χ3n) is 14.4. The minimum Gasteiger partial charge on any atom is -0.478 e. The van der Waals surface area contributed by atoms with Crippen molar-refractivity contribution >= 4 is 29.6 Å². The molecular formula is C43H64O6S. The van der Waals surface area contributed by atoms with Crippen LogP contribution in [0.2, 0.25) is 0 Å². The summed E-state index contributed by atoms with van der Waals surface area (Å²) in [4.78, 5) is 36.7. The van der Waals surface area contributed by atoms with Crippen LogP contribution in [-0.2, 0) is 14.3 Å². The molecule has 0 saturated heterocycles. The second-order valence-electron chi connectivity index (χ2n) is 18.0. The molecule has 7 heteroatoms. The van der Waals surface area contributed by atoms with Gasteiger partial charge in [-0.05, 0) is 135 Å². The monoisotopic (exact) mass is 708 g/mol. The average molecular weight is 709 g/mol. The van der Waals surface area contributed by atoms with E-state index < -0.39 is 11.4 Å². The van der Waals surface area contributed by atoms with Crippen LogP contribution in [0.1, 0.15) is 148 Å². The summed E-state index contributed by atoms with van der Waals surface area (Å²) < 4.78 is 6.09. The number of hydrogen-bond donors (Lipinski definition) is 2. The summed E-state index contributed by atoms with van der Waals surface area (Å²) in [6.07, 6.45) is 13.9. The molecule has 5 aliphatic carbocycles. The summed E-state index contributed by atoms with van der Waals surface area (Å²) in [7, 11) is 1.00. The summed E-state index contributed by atoms with van der Waals surface area (Å²) in [5, 5.41) is 18.5. The highest BCUT2D eigenvalue weighted by molar-refractivity contribution is 7.10. The first kappa shape index (κ1) is 40.3. The molecule has 278 valence electrons. The van der Waals surface area contributed by atoms with E-state index in [4.69, 9.17) is 9.84 Å². The van der Waals surface area contributed by atoms with Crippen LogP contribution in [0.25, 0.3) is 0 Å². The van der Waals surface area contributed by atoms with E-state index in [1.807, 2.05) is 19.2 Å². The third-order valence-corrected chi connectivity index (χ3v) is 15.2. The molecule has 2 N–H and O–H groups in total. The Labute approximate surface area is 306 Å². The molecular weight excluding hydrogens is 645 g/mol. The summed E-state index contributed by atoms with van der Waals surface area (Å²) in [6.45, 7) is 21.3. The maximum absolute atomic E-state index is 12.8. The Morgan fingerprint density at radius 1 is 0.980 bits per heavy atom. The number of hydrogen-bond acceptors (Lipinski definition) is 6. The van der Waals surface area contributed by atoms with Crippen molar-refractivity contribution < 1.29 is 29.3 Å². The Kier molecular flexibility index (Phi) is 12.3. The second kappa shape index (κ2) is 15.3. The quantitative estimate of drug-likeness (QED) is 0.137. The zero-order valence-corrected chi connectivity index (χ0v) is 33.1. The maximum Gasteiger partial charge on any atom is 0.337 e. The lowest BCUT2D eigenvalue weighted by Crippen LogP contribution is -2.65. The number of allylic oxidation sites excluding steroid dienone is 1. The molecule has 0 aliphatic heterocycles. The predicted octanol–water partition coefficient (Wildman–Crippen LogP) is 9.98. The molecule has 1 aromatic rings. The van der Waals surface area contributed by atoms with Crippen LogP contribution >= 0.6 is 11.3 Å². The molecule has 0 bridgehead atoms. The maximum atomic E-state index is 12.8. The summed E-state index contributed by atoms with van der Waals surface area (Å²) in [5.41, 5.74) is 1.62. The third kappa shape index (κ3) is 7.27. The highest BCUT2D eigenvalue weighted by Crippen LogP contribution is 2.76. The van der Waals surface area contributed by atoms with E-state index >= 15 is 0 Å². The number of carboxylic acid groups (broad SMARTS) is 1. The molecule has 0 aromatic carbocycles. The molecule has 50 heavy (non-hydrogen) atoms. The lowest BCUT2D eigenvalue weighted by Gasteiger charge is -2.71. The van der Waals surface area contributed by atoms with E-state index in [0.717, 1.165) is 39.1 Å². The Bertz CT molecular complexity index is 1480. The van der Waals surface area contributed by atoms with Crippen LogP contribution < -0.4 is 0 Å². The van der Waals surface area contributed by atoms with Gasteiger partial charge in [0.05, 0.1) is 16.9 Å². The van der Waals surface area contributed by atoms with E-state index in [1.54, 1.807) is 19.9 Å². The first-order chi connectivity index (χ1) is 23.4. The van der Waals surface area contributed by atoms with E-state index in [1.165, 1.54) is 61.9 Å². The molecule has 1 heterocycles. The molecule has 9 unspecified atom stereocenters. The average Bonchev–Trinajstić information content (AvgIpc) is 3.70. The number of fused-ring (bicyclic) bond motifs is 7. The van der Waals surface area contributed by atoms with Crippen molar-refractivity contribution in [2.45, 2.75) is 139 Å². The van der Waals surface area contributed by atoms with Gasteiger partial charge in [0.2, 0.25) is 0 Å². The zero-order valence-electron chi connectivity index (χ0n) is 32.3. The van der Waals surface area contributed by atoms with Gasteiger partial charge in [0, 0.05) is 17.9 Å². The van der Waals surface area contributed by atoms with Crippen molar-refractivity contribution in [2.75, 3.05) is 7.11 Å². The van der Waals surface area contributed by atoms with Crippen molar-refractivity contribution in [3.8, 4) is 11.8 Å². The number of carboxylic acids is 1. The van der Waals surface area contributed by atoms with Crippen molar-refractivity contribution in [3.05, 3.63) is 34.0 Å². The minimum absolute atomic E-state index is 0.0170. The molecule has 6 rings (SSSR count). The van der Waals surface area contributed by atoms with Crippen molar-refractivity contribution in [2.24, 2.45) is 56.7 Å². The fourth-order valence-electron chi connectivity index (χ4n) is 11.9. The van der Waals surface area contributed by atoms with Gasteiger partial charge in [0.15, 0.2) is 0 Å². The topological polar surface area (TPSA) is 101 Å². The number of aromatic carboxylic acids is 1. The SMILES string of the molecule is C=C(C)C.CC1C(OC(=O)CC(C)(C)C=O)CCC2(C)C1CCC1(C)C2CCC2C3CCCC3(C#Cc3sccc3C(=O)O)CC[C@]21C.CO. The number of aliphatic hydroxyl groups is 1. The van der Waals surface area contributed by atoms with Gasteiger partial charge in [0.1, 0.15) is 12.4 Å². The van der Waals surface area contributed by atoms with E-state index in [2.05, 4.69) is 46.1 Å². The standard InChI is InChI=1S/C38H52O5S.C4H8.CH4O/c1-24-26-11-17-37(6)31(35(26,4)16-12-29(24)43-32(40)22-34(2,3)23-39)10-9-27-28-8-7-15-38(28,20-19-36(27,37)5)18-13-30-25(33(41)42)14-21-44-30;1-4(2)3;1-2/h14,21,23-24,26-29,31H,7-12,15-17,19-20,22H2,1-6H3,(H,41,42);1H2,2-3H3;2H,1H3/t24?,26?,27?,28?,29?,31?,35?,36-,37?,38?;;/m1../s1. The molecule has 0 amide bonds. The van der Waals surface area contributed by atoms with Crippen LogP contribution in [-0.4, -0.2) is 41.7 Å². The summed E-state index contributed by atoms with van der Waals surface area (Å²) in [6, 6.07) is 1.69. The van der Waals surface area contributed by atoms with Gasteiger partial charge in [-0.25, -0.2) is 4.79 Å². The molecule has 5 fully saturated rings. The van der Waals surface area contributed by atoms with Crippen LogP contribution in [0, 0.1) is 68.5 Å². The lowest BCUT2D eigenvalue weighted by atomic mass is 9.33. The zero-order chi connectivity index (χ0) is 37.3. The highest BCUT2D eigenvalue weighted by Gasteiger charge is 2.69. The number of rotatable bonds is 5. The predicted molar refractivity (Wildman–Crippen MR) is 202 cm³/mol. The smallest absolute Gasteiger partial charge is 0.337 e. The fourth-order valence-corrected chi connectivity index (χ4v) is 12.7. The Hall–Kier alpha value is -2.43. The van der Waals surface area contributed by atoms with E-state index in [9.17, 15) is 19.5 Å². The Balaban J connectivity index is 0.000000875. The van der Waals surface area contributed by atoms with Crippen molar-refractivity contribution in [1.82, 2.24) is 0 Å². The second-order valence-corrected chi connectivity index (χ2v) is 18.9. The Morgan fingerprint density at radius 3 is 2.30 bits per heavy atom. The minimum atomic E-state index is -0.883. The molecule has 0 radical (unpaired) electrons. The van der Waals surface area contributed by atoms with Crippen LogP contribution in [0.3, 0.4) is 0 Å². The lowest BCUT2D eigenvalue weighted by molar-refractivity contribution is -0.231. The molecule has 1 aromatic heterocycles. The highest BCUT2D eigenvalue weighted by atomic mass is 32.1. The van der Waals surface area contributed by atoms with Crippen molar-refractivity contribution in [3.63, 3.8) is 0 Å². The number of esters is 1.